The highest BCUT2D eigenvalue weighted by Gasteiger charge is 2.27. The van der Waals surface area contributed by atoms with Crippen LogP contribution in [0.1, 0.15) is 52.0 Å². The van der Waals surface area contributed by atoms with Crippen LogP contribution in [-0.4, -0.2) is 43.3 Å². The van der Waals surface area contributed by atoms with E-state index in [0.29, 0.717) is 6.54 Å². The standard InChI is InChI=1S/C21H30N2O5/c1-21(2,3)28-20(26)22-16(19(25)27-4)12-13-18(24)23-14-8-7-10-15-9-5-6-11-17(15)23/h5-6,9,11,16H,7-8,10,12-14H2,1-4H3,(H,22,26)/t16-/m0/s1. The number of methoxy groups -OCH3 is 1. The third-order valence-electron chi connectivity index (χ3n) is 4.48. The van der Waals surface area contributed by atoms with Crippen molar-refractivity contribution in [3.8, 4) is 0 Å². The van der Waals surface area contributed by atoms with Crippen molar-refractivity contribution in [1.82, 2.24) is 5.32 Å². The Hall–Kier alpha value is -2.57. The van der Waals surface area contributed by atoms with Gasteiger partial charge in [-0.3, -0.25) is 4.79 Å². The fraction of sp³-hybridized carbons (Fsp3) is 0.571. The number of ether oxygens (including phenoxy) is 2. The molecule has 1 aromatic rings. The quantitative estimate of drug-likeness (QED) is 0.781. The monoisotopic (exact) mass is 390 g/mol. The molecule has 0 radical (unpaired) electrons. The first-order valence-corrected chi connectivity index (χ1v) is 9.67. The van der Waals surface area contributed by atoms with Gasteiger partial charge in [-0.2, -0.15) is 0 Å². The number of carbonyl (C=O) groups excluding carboxylic acids is 3. The number of alkyl carbamates (subject to hydrolysis) is 1. The fourth-order valence-corrected chi connectivity index (χ4v) is 3.19. The van der Waals surface area contributed by atoms with Crippen molar-refractivity contribution in [1.29, 1.82) is 0 Å². The minimum Gasteiger partial charge on any atom is -0.467 e. The van der Waals surface area contributed by atoms with Gasteiger partial charge in [-0.15, -0.1) is 0 Å². The van der Waals surface area contributed by atoms with Gasteiger partial charge in [0, 0.05) is 18.7 Å². The summed E-state index contributed by atoms with van der Waals surface area (Å²) in [5.74, 6) is -0.677. The Bertz CT molecular complexity index is 711. The second kappa shape index (κ2) is 9.57. The van der Waals surface area contributed by atoms with Crippen LogP contribution < -0.4 is 10.2 Å². The molecule has 1 aromatic carbocycles. The number of nitrogens with zero attached hydrogens (tertiary/aromatic N) is 1. The van der Waals surface area contributed by atoms with E-state index in [9.17, 15) is 14.4 Å². The molecule has 0 fully saturated rings. The van der Waals surface area contributed by atoms with Gasteiger partial charge >= 0.3 is 12.1 Å². The molecule has 154 valence electrons. The van der Waals surface area contributed by atoms with Gasteiger partial charge in [0.2, 0.25) is 5.91 Å². The number of amides is 2. The van der Waals surface area contributed by atoms with Crippen LogP contribution in [0, 0.1) is 0 Å². The van der Waals surface area contributed by atoms with E-state index in [1.807, 2.05) is 24.3 Å². The van der Waals surface area contributed by atoms with E-state index in [1.54, 1.807) is 25.7 Å². The number of para-hydroxylation sites is 1. The van der Waals surface area contributed by atoms with Gasteiger partial charge in [0.05, 0.1) is 7.11 Å². The fourth-order valence-electron chi connectivity index (χ4n) is 3.19. The average molecular weight is 390 g/mol. The number of esters is 1. The summed E-state index contributed by atoms with van der Waals surface area (Å²) in [7, 11) is 1.25. The molecule has 7 nitrogen and oxygen atoms in total. The van der Waals surface area contributed by atoms with E-state index in [1.165, 1.54) is 7.11 Å². The highest BCUT2D eigenvalue weighted by molar-refractivity contribution is 5.94. The molecule has 1 atom stereocenters. The molecule has 0 unspecified atom stereocenters. The summed E-state index contributed by atoms with van der Waals surface area (Å²) in [6, 6.07) is 6.96. The van der Waals surface area contributed by atoms with E-state index in [-0.39, 0.29) is 18.7 Å². The predicted molar refractivity (Wildman–Crippen MR) is 106 cm³/mol. The molecule has 1 aliphatic rings. The smallest absolute Gasteiger partial charge is 0.408 e. The topological polar surface area (TPSA) is 84.9 Å². The largest absolute Gasteiger partial charge is 0.467 e. The number of benzene rings is 1. The predicted octanol–water partition coefficient (Wildman–Crippen LogP) is 3.20. The highest BCUT2D eigenvalue weighted by Crippen LogP contribution is 2.27. The highest BCUT2D eigenvalue weighted by atomic mass is 16.6. The second-order valence-corrected chi connectivity index (χ2v) is 7.89. The molecule has 1 aliphatic heterocycles. The van der Waals surface area contributed by atoms with Crippen LogP contribution in [0.15, 0.2) is 24.3 Å². The molecule has 2 rings (SSSR count). The number of carbonyl (C=O) groups is 3. The first-order valence-electron chi connectivity index (χ1n) is 9.67. The van der Waals surface area contributed by atoms with E-state index < -0.39 is 23.7 Å². The Balaban J connectivity index is 2.03. The molecule has 28 heavy (non-hydrogen) atoms. The molecule has 0 spiro atoms. The molecule has 0 saturated carbocycles. The summed E-state index contributed by atoms with van der Waals surface area (Å²) in [6.45, 7) is 5.86. The lowest BCUT2D eigenvalue weighted by molar-refractivity contribution is -0.143. The number of nitrogens with one attached hydrogen (secondary N) is 1. The Morgan fingerprint density at radius 1 is 1.18 bits per heavy atom. The van der Waals surface area contributed by atoms with Crippen LogP contribution in [0.25, 0.3) is 0 Å². The molecular weight excluding hydrogens is 360 g/mol. The molecule has 2 amide bonds. The number of hydrogen-bond donors (Lipinski definition) is 1. The third kappa shape index (κ3) is 6.25. The number of rotatable bonds is 5. The van der Waals surface area contributed by atoms with Crippen LogP contribution >= 0.6 is 0 Å². The average Bonchev–Trinajstić information content (AvgIpc) is 2.85. The van der Waals surface area contributed by atoms with Crippen molar-refractivity contribution in [2.24, 2.45) is 0 Å². The van der Waals surface area contributed by atoms with Crippen molar-refractivity contribution < 1.29 is 23.9 Å². The number of hydrogen-bond acceptors (Lipinski definition) is 5. The maximum absolute atomic E-state index is 12.9. The summed E-state index contributed by atoms with van der Waals surface area (Å²) in [6.07, 6.45) is 2.46. The maximum atomic E-state index is 12.9. The summed E-state index contributed by atoms with van der Waals surface area (Å²) in [5, 5.41) is 2.51. The van der Waals surface area contributed by atoms with Crippen molar-refractivity contribution in [2.45, 2.75) is 64.5 Å². The lowest BCUT2D eigenvalue weighted by Gasteiger charge is -2.25. The van der Waals surface area contributed by atoms with Gasteiger partial charge in [-0.05, 0) is 58.1 Å². The van der Waals surface area contributed by atoms with Crippen LogP contribution in [0.3, 0.4) is 0 Å². The third-order valence-corrected chi connectivity index (χ3v) is 4.48. The maximum Gasteiger partial charge on any atom is 0.408 e. The molecule has 1 heterocycles. The number of fused-ring (bicyclic) bond motifs is 1. The first kappa shape index (κ1) is 21.7. The minimum atomic E-state index is -0.939. The van der Waals surface area contributed by atoms with Crippen LogP contribution in [0.5, 0.6) is 0 Å². The van der Waals surface area contributed by atoms with Gasteiger partial charge in [0.25, 0.3) is 0 Å². The van der Waals surface area contributed by atoms with Gasteiger partial charge in [0.15, 0.2) is 0 Å². The van der Waals surface area contributed by atoms with Crippen LogP contribution in [0.2, 0.25) is 0 Å². The SMILES string of the molecule is COC(=O)[C@H](CCC(=O)N1CCCCc2ccccc21)NC(=O)OC(C)(C)C. The molecule has 0 aromatic heterocycles. The lowest BCUT2D eigenvalue weighted by atomic mass is 10.1. The molecule has 1 N–H and O–H groups in total. The first-order chi connectivity index (χ1) is 13.2. The molecule has 0 aliphatic carbocycles. The van der Waals surface area contributed by atoms with Gasteiger partial charge in [-0.1, -0.05) is 18.2 Å². The normalized spacial score (nSPS) is 15.1. The molecular formula is C21H30N2O5. The summed E-state index contributed by atoms with van der Waals surface area (Å²) in [4.78, 5) is 38.7. The zero-order chi connectivity index (χ0) is 20.7. The Labute approximate surface area is 166 Å². The second-order valence-electron chi connectivity index (χ2n) is 7.89. The van der Waals surface area contributed by atoms with Crippen molar-refractivity contribution in [2.75, 3.05) is 18.6 Å². The van der Waals surface area contributed by atoms with E-state index in [4.69, 9.17) is 9.47 Å². The van der Waals surface area contributed by atoms with Gasteiger partial charge in [-0.25, -0.2) is 9.59 Å². The number of aryl methyl sites for hydroxylation is 1. The summed E-state index contributed by atoms with van der Waals surface area (Å²) < 4.78 is 9.96. The Morgan fingerprint density at radius 3 is 2.57 bits per heavy atom. The number of anilines is 1. The van der Waals surface area contributed by atoms with Crippen molar-refractivity contribution in [3.63, 3.8) is 0 Å². The van der Waals surface area contributed by atoms with E-state index in [2.05, 4.69) is 5.32 Å². The summed E-state index contributed by atoms with van der Waals surface area (Å²) in [5.41, 5.74) is 1.40. The van der Waals surface area contributed by atoms with Crippen LogP contribution in [-0.2, 0) is 25.5 Å². The van der Waals surface area contributed by atoms with Crippen LogP contribution in [0.4, 0.5) is 10.5 Å². The van der Waals surface area contributed by atoms with Gasteiger partial charge < -0.3 is 19.7 Å². The zero-order valence-electron chi connectivity index (χ0n) is 17.1. The Morgan fingerprint density at radius 2 is 1.89 bits per heavy atom. The minimum absolute atomic E-state index is 0.0748. The molecule has 0 bridgehead atoms. The van der Waals surface area contributed by atoms with Crippen molar-refractivity contribution in [3.05, 3.63) is 29.8 Å². The van der Waals surface area contributed by atoms with E-state index >= 15 is 0 Å². The van der Waals surface area contributed by atoms with E-state index in [0.717, 1.165) is 30.5 Å². The van der Waals surface area contributed by atoms with Gasteiger partial charge in [0.1, 0.15) is 11.6 Å². The lowest BCUT2D eigenvalue weighted by Crippen LogP contribution is -2.44. The van der Waals surface area contributed by atoms with Crippen molar-refractivity contribution >= 4 is 23.7 Å². The zero-order valence-corrected chi connectivity index (χ0v) is 17.1. The molecule has 0 saturated heterocycles. The summed E-state index contributed by atoms with van der Waals surface area (Å²) >= 11 is 0. The molecule has 7 heteroatoms. The Kier molecular flexibility index (Phi) is 7.43.